The summed E-state index contributed by atoms with van der Waals surface area (Å²) in [6.45, 7) is 4.98. The number of ether oxygens (including phenoxy) is 2. The number of hydrogen-bond donors (Lipinski definition) is 1. The Morgan fingerprint density at radius 3 is 2.61 bits per heavy atom. The molecule has 0 bridgehead atoms. The van der Waals surface area contributed by atoms with Crippen LogP contribution in [0.4, 0.5) is 0 Å². The van der Waals surface area contributed by atoms with Gasteiger partial charge in [-0.05, 0) is 38.4 Å². The molecular weight excluding hydrogens is 316 g/mol. The normalized spacial score (nSPS) is 16.5. The molecule has 130 valence electrons. The van der Waals surface area contributed by atoms with Gasteiger partial charge in [0.15, 0.2) is 11.5 Å². The fourth-order valence-electron chi connectivity index (χ4n) is 2.60. The molecule has 1 aliphatic heterocycles. The van der Waals surface area contributed by atoms with Gasteiger partial charge in [0.05, 0.1) is 13.2 Å². The quantitative estimate of drug-likeness (QED) is 0.737. The van der Waals surface area contributed by atoms with Crippen LogP contribution in [-0.2, 0) is 4.79 Å². The zero-order valence-electron chi connectivity index (χ0n) is 13.9. The van der Waals surface area contributed by atoms with E-state index in [1.54, 1.807) is 0 Å². The van der Waals surface area contributed by atoms with Crippen molar-refractivity contribution in [3.05, 3.63) is 24.3 Å². The molecule has 1 aromatic rings. The van der Waals surface area contributed by atoms with E-state index in [-0.39, 0.29) is 18.3 Å². The standard InChI is InChI=1S/C17H26N2O3.ClH/c1-3-21-15-7-4-5-8-16(15)22-12-6-9-17(20)19(2)14-10-11-18-13-14;/h4-5,7-8,14,18H,3,6,9-13H2,1-2H3;1H. The van der Waals surface area contributed by atoms with Crippen molar-refractivity contribution < 1.29 is 14.3 Å². The third-order valence-electron chi connectivity index (χ3n) is 3.92. The van der Waals surface area contributed by atoms with Gasteiger partial charge in [0.2, 0.25) is 5.91 Å². The Morgan fingerprint density at radius 1 is 1.30 bits per heavy atom. The van der Waals surface area contributed by atoms with Gasteiger partial charge in [-0.25, -0.2) is 0 Å². The highest BCUT2D eigenvalue weighted by Crippen LogP contribution is 2.26. The SMILES string of the molecule is CCOc1ccccc1OCCCC(=O)N(C)C1CCNC1.Cl. The second-order valence-corrected chi connectivity index (χ2v) is 5.48. The summed E-state index contributed by atoms with van der Waals surface area (Å²) in [4.78, 5) is 14.0. The third-order valence-corrected chi connectivity index (χ3v) is 3.92. The number of rotatable bonds is 8. The van der Waals surface area contributed by atoms with E-state index in [2.05, 4.69) is 5.32 Å². The Morgan fingerprint density at radius 2 is 2.00 bits per heavy atom. The van der Waals surface area contributed by atoms with Crippen LogP contribution in [0, 0.1) is 0 Å². The maximum absolute atomic E-state index is 12.1. The summed E-state index contributed by atoms with van der Waals surface area (Å²) in [6.07, 6.45) is 2.27. The Hall–Kier alpha value is -1.46. The molecule has 1 unspecified atom stereocenters. The fraction of sp³-hybridized carbons (Fsp3) is 0.588. The van der Waals surface area contributed by atoms with Crippen molar-refractivity contribution >= 4 is 18.3 Å². The third kappa shape index (κ3) is 5.92. The molecule has 0 radical (unpaired) electrons. The molecule has 0 saturated carbocycles. The fourth-order valence-corrected chi connectivity index (χ4v) is 2.60. The first-order valence-corrected chi connectivity index (χ1v) is 8.03. The van der Waals surface area contributed by atoms with Crippen LogP contribution < -0.4 is 14.8 Å². The van der Waals surface area contributed by atoms with Gasteiger partial charge in [0, 0.05) is 26.1 Å². The first kappa shape index (κ1) is 19.6. The summed E-state index contributed by atoms with van der Waals surface area (Å²) in [5.41, 5.74) is 0. The molecule has 1 heterocycles. The Labute approximate surface area is 144 Å². The minimum Gasteiger partial charge on any atom is -0.490 e. The van der Waals surface area contributed by atoms with Crippen molar-refractivity contribution in [3.8, 4) is 11.5 Å². The lowest BCUT2D eigenvalue weighted by atomic mass is 10.2. The largest absolute Gasteiger partial charge is 0.490 e. The van der Waals surface area contributed by atoms with E-state index in [4.69, 9.17) is 9.47 Å². The number of halogens is 1. The highest BCUT2D eigenvalue weighted by Gasteiger charge is 2.22. The Kier molecular flexibility index (Phi) is 8.81. The topological polar surface area (TPSA) is 50.8 Å². The van der Waals surface area contributed by atoms with Crippen molar-refractivity contribution in [2.45, 2.75) is 32.2 Å². The van der Waals surface area contributed by atoms with E-state index >= 15 is 0 Å². The summed E-state index contributed by atoms with van der Waals surface area (Å²) in [7, 11) is 1.89. The van der Waals surface area contributed by atoms with Gasteiger partial charge in [0.1, 0.15) is 0 Å². The summed E-state index contributed by atoms with van der Waals surface area (Å²) in [5, 5.41) is 3.28. The number of likely N-dealkylation sites (N-methyl/N-ethyl adjacent to an activating group) is 1. The lowest BCUT2D eigenvalue weighted by molar-refractivity contribution is -0.131. The van der Waals surface area contributed by atoms with Crippen LogP contribution in [0.15, 0.2) is 24.3 Å². The molecule has 0 aliphatic carbocycles. The molecular formula is C17H27ClN2O3. The number of hydrogen-bond acceptors (Lipinski definition) is 4. The lowest BCUT2D eigenvalue weighted by Gasteiger charge is -2.23. The van der Waals surface area contributed by atoms with Gasteiger partial charge in [-0.15, -0.1) is 12.4 Å². The molecule has 1 saturated heterocycles. The van der Waals surface area contributed by atoms with Gasteiger partial charge in [-0.1, -0.05) is 12.1 Å². The van der Waals surface area contributed by atoms with E-state index in [0.29, 0.717) is 32.1 Å². The average molecular weight is 343 g/mol. The number of amides is 1. The van der Waals surface area contributed by atoms with Crippen molar-refractivity contribution in [2.24, 2.45) is 0 Å². The molecule has 1 fully saturated rings. The van der Waals surface area contributed by atoms with Crippen LogP contribution in [0.2, 0.25) is 0 Å². The minimum absolute atomic E-state index is 0. The van der Waals surface area contributed by atoms with E-state index in [9.17, 15) is 4.79 Å². The second kappa shape index (κ2) is 10.3. The number of nitrogens with zero attached hydrogens (tertiary/aromatic N) is 1. The van der Waals surface area contributed by atoms with Crippen LogP contribution in [0.25, 0.3) is 0 Å². The van der Waals surface area contributed by atoms with Crippen molar-refractivity contribution in [3.63, 3.8) is 0 Å². The molecule has 0 spiro atoms. The van der Waals surface area contributed by atoms with Gasteiger partial charge >= 0.3 is 0 Å². The monoisotopic (exact) mass is 342 g/mol. The summed E-state index contributed by atoms with van der Waals surface area (Å²) in [6, 6.07) is 7.97. The van der Waals surface area contributed by atoms with Crippen LogP contribution in [0.5, 0.6) is 11.5 Å². The highest BCUT2D eigenvalue weighted by atomic mass is 35.5. The Balaban J connectivity index is 0.00000264. The van der Waals surface area contributed by atoms with Crippen molar-refractivity contribution in [2.75, 3.05) is 33.4 Å². The zero-order valence-corrected chi connectivity index (χ0v) is 14.7. The molecule has 1 aliphatic rings. The highest BCUT2D eigenvalue weighted by molar-refractivity contribution is 5.85. The smallest absolute Gasteiger partial charge is 0.222 e. The first-order valence-electron chi connectivity index (χ1n) is 8.03. The van der Waals surface area contributed by atoms with E-state index in [1.165, 1.54) is 0 Å². The summed E-state index contributed by atoms with van der Waals surface area (Å²) < 4.78 is 11.3. The second-order valence-electron chi connectivity index (χ2n) is 5.48. The van der Waals surface area contributed by atoms with E-state index < -0.39 is 0 Å². The first-order chi connectivity index (χ1) is 10.7. The maximum Gasteiger partial charge on any atom is 0.222 e. The molecule has 23 heavy (non-hydrogen) atoms. The number of carbonyl (C=O) groups is 1. The average Bonchev–Trinajstić information content (AvgIpc) is 3.06. The summed E-state index contributed by atoms with van der Waals surface area (Å²) in [5.74, 6) is 1.69. The molecule has 0 aromatic heterocycles. The molecule has 1 N–H and O–H groups in total. The van der Waals surface area contributed by atoms with Crippen LogP contribution in [-0.4, -0.2) is 50.2 Å². The maximum atomic E-state index is 12.1. The van der Waals surface area contributed by atoms with Crippen LogP contribution in [0.3, 0.4) is 0 Å². The van der Waals surface area contributed by atoms with Gasteiger partial charge in [0.25, 0.3) is 0 Å². The van der Waals surface area contributed by atoms with Gasteiger partial charge < -0.3 is 19.7 Å². The minimum atomic E-state index is 0. The van der Waals surface area contributed by atoms with Gasteiger partial charge in [-0.3, -0.25) is 4.79 Å². The Bertz CT molecular complexity index is 479. The zero-order chi connectivity index (χ0) is 15.8. The molecule has 1 aromatic carbocycles. The van der Waals surface area contributed by atoms with Crippen molar-refractivity contribution in [1.29, 1.82) is 0 Å². The van der Waals surface area contributed by atoms with Crippen LogP contribution in [0.1, 0.15) is 26.2 Å². The van der Waals surface area contributed by atoms with E-state index in [1.807, 2.05) is 43.1 Å². The molecule has 2 rings (SSSR count). The van der Waals surface area contributed by atoms with Crippen LogP contribution >= 0.6 is 12.4 Å². The summed E-state index contributed by atoms with van der Waals surface area (Å²) >= 11 is 0. The predicted molar refractivity (Wildman–Crippen MR) is 93.6 cm³/mol. The number of para-hydroxylation sites is 2. The predicted octanol–water partition coefficient (Wildman–Crippen LogP) is 2.49. The van der Waals surface area contributed by atoms with Crippen molar-refractivity contribution in [1.82, 2.24) is 10.2 Å². The van der Waals surface area contributed by atoms with E-state index in [0.717, 1.165) is 31.0 Å². The number of nitrogens with one attached hydrogen (secondary N) is 1. The molecule has 6 heteroatoms. The molecule has 1 atom stereocenters. The number of carbonyl (C=O) groups excluding carboxylic acids is 1. The van der Waals surface area contributed by atoms with Gasteiger partial charge in [-0.2, -0.15) is 0 Å². The molecule has 1 amide bonds. The number of benzene rings is 1. The lowest BCUT2D eigenvalue weighted by Crippen LogP contribution is -2.38. The molecule has 5 nitrogen and oxygen atoms in total.